The van der Waals surface area contributed by atoms with E-state index in [0.717, 1.165) is 17.8 Å². The lowest BCUT2D eigenvalue weighted by Gasteiger charge is -2.11. The molecule has 4 heteroatoms. The van der Waals surface area contributed by atoms with Gasteiger partial charge in [0.05, 0.1) is 11.4 Å². The van der Waals surface area contributed by atoms with Crippen molar-refractivity contribution in [2.24, 2.45) is 10.7 Å². The highest BCUT2D eigenvalue weighted by molar-refractivity contribution is 6.11. The van der Waals surface area contributed by atoms with E-state index in [1.165, 1.54) is 28.0 Å². The summed E-state index contributed by atoms with van der Waals surface area (Å²) in [7, 11) is 2.06. The molecule has 2 aromatic rings. The number of rotatable bonds is 6. The van der Waals surface area contributed by atoms with Crippen LogP contribution < -0.4 is 5.73 Å². The van der Waals surface area contributed by atoms with Crippen molar-refractivity contribution in [1.29, 1.82) is 0 Å². The molecule has 1 aromatic heterocycles. The number of aliphatic imine (C=N–C) groups is 1. The van der Waals surface area contributed by atoms with Crippen molar-refractivity contribution in [3.63, 3.8) is 0 Å². The van der Waals surface area contributed by atoms with Gasteiger partial charge in [-0.05, 0) is 73.0 Å². The maximum absolute atomic E-state index is 5.88. The molecule has 138 valence electrons. The Morgan fingerprint density at radius 3 is 2.52 bits per heavy atom. The molecule has 0 atom stereocenters. The van der Waals surface area contributed by atoms with Crippen LogP contribution in [0.15, 0.2) is 71.0 Å². The molecule has 0 spiro atoms. The molecule has 0 saturated carbocycles. The summed E-state index contributed by atoms with van der Waals surface area (Å²) in [6.45, 7) is 7.16. The largest absolute Gasteiger partial charge is 0.399 e. The van der Waals surface area contributed by atoms with Crippen LogP contribution in [0.2, 0.25) is 0 Å². The van der Waals surface area contributed by atoms with E-state index < -0.39 is 0 Å². The topological polar surface area (TPSA) is 43.3 Å². The quantitative estimate of drug-likeness (QED) is 0.775. The van der Waals surface area contributed by atoms with Gasteiger partial charge in [0.2, 0.25) is 7.98 Å². The summed E-state index contributed by atoms with van der Waals surface area (Å²) >= 11 is 0. The Morgan fingerprint density at radius 2 is 1.93 bits per heavy atom. The lowest BCUT2D eigenvalue weighted by atomic mass is 10.0. The van der Waals surface area contributed by atoms with Gasteiger partial charge in [0.1, 0.15) is 0 Å². The van der Waals surface area contributed by atoms with E-state index >= 15 is 0 Å². The van der Waals surface area contributed by atoms with Crippen molar-refractivity contribution in [3.05, 3.63) is 82.8 Å². The van der Waals surface area contributed by atoms with Crippen LogP contribution in [0.3, 0.4) is 0 Å². The second kappa shape index (κ2) is 8.40. The van der Waals surface area contributed by atoms with Crippen molar-refractivity contribution in [1.82, 2.24) is 4.48 Å². The monoisotopic (exact) mass is 357 g/mol. The Hall–Kier alpha value is -2.59. The minimum absolute atomic E-state index is 0.555. The molecule has 0 aliphatic carbocycles. The summed E-state index contributed by atoms with van der Waals surface area (Å²) in [6, 6.07) is 12.9. The third kappa shape index (κ3) is 4.40. The van der Waals surface area contributed by atoms with Crippen LogP contribution in [0.1, 0.15) is 49.9 Å². The molecule has 1 aliphatic rings. The fourth-order valence-corrected chi connectivity index (χ4v) is 3.39. The van der Waals surface area contributed by atoms with Gasteiger partial charge >= 0.3 is 0 Å². The average Bonchev–Trinajstić information content (AvgIpc) is 3.24. The maximum Gasteiger partial charge on any atom is 0.223 e. The number of hydrogen-bond acceptors (Lipinski definition) is 2. The van der Waals surface area contributed by atoms with Crippen LogP contribution in [0.4, 0.5) is 0 Å². The highest BCUT2D eigenvalue weighted by atomic mass is 14.9. The normalized spacial score (nSPS) is 16.2. The number of hydrogen-bond donors (Lipinski definition) is 1. The summed E-state index contributed by atoms with van der Waals surface area (Å²) in [5, 5.41) is 0. The van der Waals surface area contributed by atoms with Gasteiger partial charge in [0.25, 0.3) is 0 Å². The number of nitrogens with two attached hydrogens (primary N) is 1. The number of allylic oxidation sites excluding steroid dienone is 3. The minimum Gasteiger partial charge on any atom is -0.399 e. The van der Waals surface area contributed by atoms with Gasteiger partial charge in [-0.25, -0.2) is 4.99 Å². The van der Waals surface area contributed by atoms with Crippen LogP contribution in [-0.2, 0) is 0 Å². The van der Waals surface area contributed by atoms with Crippen molar-refractivity contribution in [2.75, 3.05) is 6.54 Å². The Bertz CT molecular complexity index is 925. The molecule has 1 aliphatic heterocycles. The molecule has 2 N–H and O–H groups in total. The molecular formula is C23H28BN3. The maximum atomic E-state index is 5.88. The molecule has 0 bridgehead atoms. The second-order valence-electron chi connectivity index (χ2n) is 7.39. The van der Waals surface area contributed by atoms with Gasteiger partial charge in [-0.1, -0.05) is 44.2 Å². The predicted octanol–water partition coefficient (Wildman–Crippen LogP) is 4.18. The third-order valence-electron chi connectivity index (χ3n) is 4.96. The third-order valence-corrected chi connectivity index (χ3v) is 4.96. The Morgan fingerprint density at radius 1 is 1.19 bits per heavy atom. The fraction of sp³-hybridized carbons (Fsp3) is 0.261. The van der Waals surface area contributed by atoms with Crippen LogP contribution >= 0.6 is 0 Å². The van der Waals surface area contributed by atoms with Crippen molar-refractivity contribution in [2.45, 2.75) is 33.1 Å². The first-order valence-electron chi connectivity index (χ1n) is 9.60. The van der Waals surface area contributed by atoms with E-state index in [1.807, 2.05) is 0 Å². The highest BCUT2D eigenvalue weighted by Crippen LogP contribution is 2.31. The summed E-state index contributed by atoms with van der Waals surface area (Å²) < 4.78 is 2.13. The first-order valence-corrected chi connectivity index (χ1v) is 9.60. The first-order chi connectivity index (χ1) is 13.0. The minimum atomic E-state index is 0.555. The zero-order chi connectivity index (χ0) is 19.4. The Kier molecular flexibility index (Phi) is 5.97. The molecule has 0 radical (unpaired) electrons. The van der Waals surface area contributed by atoms with E-state index in [9.17, 15) is 0 Å². The first kappa shape index (κ1) is 19.2. The molecule has 3 rings (SSSR count). The van der Waals surface area contributed by atoms with Gasteiger partial charge in [-0.2, -0.15) is 0 Å². The number of nitrogens with zero attached hydrogens (tertiary/aromatic N) is 2. The van der Waals surface area contributed by atoms with Crippen molar-refractivity contribution >= 4 is 25.3 Å². The molecule has 0 fully saturated rings. The lowest BCUT2D eigenvalue weighted by Crippen LogP contribution is -2.05. The van der Waals surface area contributed by atoms with Crippen LogP contribution in [0.5, 0.6) is 0 Å². The average molecular weight is 357 g/mol. The summed E-state index contributed by atoms with van der Waals surface area (Å²) in [5.74, 6) is 0.555. The molecule has 1 aromatic carbocycles. The molecule has 2 heterocycles. The van der Waals surface area contributed by atoms with Crippen LogP contribution in [-0.4, -0.2) is 24.7 Å². The second-order valence-corrected chi connectivity index (χ2v) is 7.39. The van der Waals surface area contributed by atoms with E-state index in [1.54, 1.807) is 0 Å². The van der Waals surface area contributed by atoms with E-state index in [-0.39, 0.29) is 0 Å². The highest BCUT2D eigenvalue weighted by Gasteiger charge is 2.16. The summed E-state index contributed by atoms with van der Waals surface area (Å²) in [4.78, 5) is 4.89. The number of benzene rings is 1. The smallest absolute Gasteiger partial charge is 0.223 e. The van der Waals surface area contributed by atoms with Gasteiger partial charge in [-0.3, -0.25) is 0 Å². The van der Waals surface area contributed by atoms with Crippen LogP contribution in [0.25, 0.3) is 11.6 Å². The lowest BCUT2D eigenvalue weighted by molar-refractivity contribution is 0.866. The molecule has 0 unspecified atom stereocenters. The standard InChI is InChI=1S/C23H28BN3/c1-16(2)19-9-6-18(7-10-19)8-11-20-15-17(3)23(26-20)21(12-13-25)22-5-4-14-27(22)24/h4-11,14-16H,12-13,24-25H2,1-3H3/b11-8+,23-21-. The Balaban J connectivity index is 1.88. The zero-order valence-electron chi connectivity index (χ0n) is 16.7. The van der Waals surface area contributed by atoms with Crippen LogP contribution in [0, 0.1) is 0 Å². The molecule has 0 amide bonds. The zero-order valence-corrected chi connectivity index (χ0v) is 16.7. The predicted molar refractivity (Wildman–Crippen MR) is 120 cm³/mol. The number of aromatic nitrogens is 1. The summed E-state index contributed by atoms with van der Waals surface area (Å²) in [5.41, 5.74) is 14.0. The van der Waals surface area contributed by atoms with Gasteiger partial charge in [0.15, 0.2) is 0 Å². The van der Waals surface area contributed by atoms with E-state index in [2.05, 4.69) is 94.1 Å². The molecule has 27 heavy (non-hydrogen) atoms. The van der Waals surface area contributed by atoms with Crippen molar-refractivity contribution < 1.29 is 0 Å². The van der Waals surface area contributed by atoms with E-state index in [0.29, 0.717) is 12.5 Å². The molecular weight excluding hydrogens is 329 g/mol. The van der Waals surface area contributed by atoms with E-state index in [4.69, 9.17) is 10.7 Å². The van der Waals surface area contributed by atoms with Gasteiger partial charge < -0.3 is 10.2 Å². The SMILES string of the molecule is Bn1cccc1/C(CCN)=C1N=C(/C=C/c2ccc(C(C)C)cc2)C=C\1C. The van der Waals surface area contributed by atoms with Gasteiger partial charge in [-0.15, -0.1) is 0 Å². The Labute approximate surface area is 163 Å². The molecule has 3 nitrogen and oxygen atoms in total. The fourth-order valence-electron chi connectivity index (χ4n) is 3.39. The molecule has 0 saturated heterocycles. The summed E-state index contributed by atoms with van der Waals surface area (Å²) in [6.07, 6.45) is 9.24. The van der Waals surface area contributed by atoms with Crippen molar-refractivity contribution in [3.8, 4) is 0 Å². The van der Waals surface area contributed by atoms with Gasteiger partial charge in [0, 0.05) is 11.3 Å².